The van der Waals surface area contributed by atoms with Crippen molar-refractivity contribution in [3.05, 3.63) is 80.7 Å². The summed E-state index contributed by atoms with van der Waals surface area (Å²) in [5.74, 6) is -0.141. The number of likely N-dealkylation sites (N-methyl/N-ethyl adjacent to an activating group) is 1. The van der Waals surface area contributed by atoms with Gasteiger partial charge < -0.3 is 9.64 Å². The lowest BCUT2D eigenvalue weighted by Gasteiger charge is -2.23. The second-order valence-corrected chi connectivity index (χ2v) is 9.91. The summed E-state index contributed by atoms with van der Waals surface area (Å²) in [5, 5.41) is 1.09. The standard InChI is InChI=1S/C27H33FN2O2S/c1-18(22-9-10-25(28)19(2)13-22)14-23(7-6-12-32-5)30(4)17-24(31)15-21-8-11-27-26(16-21)29-20(3)33-27/h9-10,13-15H,1,6-8,11-12,16-17H2,2-5H3/b21-15+,23-14-. The van der Waals surface area contributed by atoms with E-state index in [2.05, 4.69) is 11.6 Å². The smallest absolute Gasteiger partial charge is 0.174 e. The van der Waals surface area contributed by atoms with Crippen LogP contribution in [0, 0.1) is 19.7 Å². The van der Waals surface area contributed by atoms with Crippen LogP contribution in [0.4, 0.5) is 4.39 Å². The molecule has 0 amide bonds. The average Bonchev–Trinajstić information content (AvgIpc) is 3.14. The van der Waals surface area contributed by atoms with Crippen LogP contribution in [0.3, 0.4) is 0 Å². The van der Waals surface area contributed by atoms with Crippen LogP contribution < -0.4 is 0 Å². The predicted octanol–water partition coefficient (Wildman–Crippen LogP) is 5.84. The Balaban J connectivity index is 1.70. The molecule has 1 heterocycles. The van der Waals surface area contributed by atoms with Gasteiger partial charge in [-0.25, -0.2) is 9.37 Å². The monoisotopic (exact) mass is 468 g/mol. The molecular formula is C27H33FN2O2S. The molecule has 0 saturated carbocycles. The summed E-state index contributed by atoms with van der Waals surface area (Å²) in [6.07, 6.45) is 8.05. The normalized spacial score (nSPS) is 14.9. The van der Waals surface area contributed by atoms with E-state index in [0.29, 0.717) is 18.7 Å². The summed E-state index contributed by atoms with van der Waals surface area (Å²) >= 11 is 1.76. The van der Waals surface area contributed by atoms with Gasteiger partial charge in [0.15, 0.2) is 5.78 Å². The minimum atomic E-state index is -0.228. The first-order chi connectivity index (χ1) is 15.8. The fraction of sp³-hybridized carbons (Fsp3) is 0.407. The van der Waals surface area contributed by atoms with Crippen LogP contribution >= 0.6 is 11.3 Å². The molecule has 0 fully saturated rings. The third-order valence-electron chi connectivity index (χ3n) is 5.85. The van der Waals surface area contributed by atoms with Crippen molar-refractivity contribution in [2.45, 2.75) is 46.0 Å². The first-order valence-corrected chi connectivity index (χ1v) is 12.1. The van der Waals surface area contributed by atoms with Crippen molar-refractivity contribution in [1.29, 1.82) is 0 Å². The number of thiazole rings is 1. The number of nitrogens with zero attached hydrogens (tertiary/aromatic N) is 2. The van der Waals surface area contributed by atoms with E-state index in [4.69, 9.17) is 4.74 Å². The number of fused-ring (bicyclic) bond motifs is 1. The first-order valence-electron chi connectivity index (χ1n) is 11.3. The number of ketones is 1. The zero-order chi connectivity index (χ0) is 24.0. The summed E-state index contributed by atoms with van der Waals surface area (Å²) in [5.41, 5.74) is 5.54. The maximum atomic E-state index is 13.7. The Bertz CT molecular complexity index is 1080. The lowest BCUT2D eigenvalue weighted by molar-refractivity contribution is -0.115. The van der Waals surface area contributed by atoms with E-state index in [1.807, 2.05) is 24.9 Å². The predicted molar refractivity (Wildman–Crippen MR) is 134 cm³/mol. The molecule has 0 spiro atoms. The first kappa shape index (κ1) is 25.1. The largest absolute Gasteiger partial charge is 0.385 e. The molecule has 4 nitrogen and oxygen atoms in total. The molecule has 3 rings (SSSR count). The molecule has 0 saturated heterocycles. The van der Waals surface area contributed by atoms with Crippen molar-refractivity contribution < 1.29 is 13.9 Å². The summed E-state index contributed by atoms with van der Waals surface area (Å²) in [6, 6.07) is 5.00. The fourth-order valence-electron chi connectivity index (χ4n) is 4.05. The van der Waals surface area contributed by atoms with Gasteiger partial charge in [-0.1, -0.05) is 18.2 Å². The Labute approximate surface area is 200 Å². The number of rotatable bonds is 10. The van der Waals surface area contributed by atoms with Gasteiger partial charge in [-0.2, -0.15) is 0 Å². The Morgan fingerprint density at radius 1 is 1.33 bits per heavy atom. The van der Waals surface area contributed by atoms with Crippen molar-refractivity contribution >= 4 is 22.7 Å². The van der Waals surface area contributed by atoms with Crippen LogP contribution in [-0.2, 0) is 22.4 Å². The van der Waals surface area contributed by atoms with Crippen LogP contribution in [0.5, 0.6) is 0 Å². The highest BCUT2D eigenvalue weighted by molar-refractivity contribution is 7.11. The molecule has 1 aromatic heterocycles. The molecule has 2 aromatic rings. The average molecular weight is 469 g/mol. The number of benzene rings is 1. The van der Waals surface area contributed by atoms with Crippen LogP contribution in [0.1, 0.15) is 46.0 Å². The number of hydrogen-bond donors (Lipinski definition) is 0. The zero-order valence-electron chi connectivity index (χ0n) is 20.0. The molecule has 0 radical (unpaired) electrons. The van der Waals surface area contributed by atoms with Gasteiger partial charge >= 0.3 is 0 Å². The summed E-state index contributed by atoms with van der Waals surface area (Å²) in [7, 11) is 3.61. The van der Waals surface area contributed by atoms with Gasteiger partial charge in [0.1, 0.15) is 5.82 Å². The van der Waals surface area contributed by atoms with Crippen LogP contribution in [0.2, 0.25) is 0 Å². The number of halogens is 1. The number of carbonyl (C=O) groups excluding carboxylic acids is 1. The molecule has 1 aliphatic carbocycles. The van der Waals surface area contributed by atoms with Gasteiger partial charge in [-0.15, -0.1) is 11.3 Å². The molecule has 0 bridgehead atoms. The van der Waals surface area contributed by atoms with Crippen LogP contribution in [-0.4, -0.2) is 43.0 Å². The van der Waals surface area contributed by atoms with E-state index in [1.165, 1.54) is 10.9 Å². The van der Waals surface area contributed by atoms with Crippen molar-refractivity contribution in [1.82, 2.24) is 9.88 Å². The summed E-state index contributed by atoms with van der Waals surface area (Å²) in [4.78, 5) is 20.8. The number of hydrogen-bond acceptors (Lipinski definition) is 5. The lowest BCUT2D eigenvalue weighted by atomic mass is 9.95. The highest BCUT2D eigenvalue weighted by Gasteiger charge is 2.18. The number of carbonyl (C=O) groups is 1. The Hall–Kier alpha value is -2.57. The summed E-state index contributed by atoms with van der Waals surface area (Å²) < 4.78 is 18.9. The minimum absolute atomic E-state index is 0.0868. The van der Waals surface area contributed by atoms with Gasteiger partial charge in [0.05, 0.1) is 17.2 Å². The van der Waals surface area contributed by atoms with Crippen molar-refractivity contribution in [3.63, 3.8) is 0 Å². The maximum absolute atomic E-state index is 13.7. The molecule has 1 aromatic carbocycles. The van der Waals surface area contributed by atoms with E-state index in [1.54, 1.807) is 43.6 Å². The molecule has 1 aliphatic rings. The van der Waals surface area contributed by atoms with Gasteiger partial charge in [0.25, 0.3) is 0 Å². The van der Waals surface area contributed by atoms with E-state index >= 15 is 0 Å². The lowest BCUT2D eigenvalue weighted by Crippen LogP contribution is -2.25. The molecule has 176 valence electrons. The Kier molecular flexibility index (Phi) is 8.75. The third kappa shape index (κ3) is 6.95. The molecule has 0 aliphatic heterocycles. The van der Waals surface area contributed by atoms with Crippen molar-refractivity contribution in [3.8, 4) is 0 Å². The second-order valence-electron chi connectivity index (χ2n) is 8.63. The van der Waals surface area contributed by atoms with Crippen molar-refractivity contribution in [2.75, 3.05) is 27.3 Å². The third-order valence-corrected chi connectivity index (χ3v) is 6.93. The van der Waals surface area contributed by atoms with E-state index in [-0.39, 0.29) is 11.6 Å². The SMILES string of the molecule is C=C(/C=C(/CCCOC)N(C)CC(=O)/C=C1\CCc2sc(C)nc2C1)c1ccc(F)c(C)c1. The highest BCUT2D eigenvalue weighted by atomic mass is 32.1. The van der Waals surface area contributed by atoms with E-state index in [0.717, 1.165) is 65.2 Å². The second kappa shape index (κ2) is 11.5. The summed E-state index contributed by atoms with van der Waals surface area (Å²) in [6.45, 7) is 8.89. The van der Waals surface area contributed by atoms with Gasteiger partial charge in [-0.3, -0.25) is 4.79 Å². The van der Waals surface area contributed by atoms with Crippen LogP contribution in [0.15, 0.2) is 48.2 Å². The molecule has 6 heteroatoms. The molecule has 0 unspecified atom stereocenters. The quantitative estimate of drug-likeness (QED) is 0.250. The zero-order valence-corrected chi connectivity index (χ0v) is 20.9. The van der Waals surface area contributed by atoms with E-state index in [9.17, 15) is 9.18 Å². The number of allylic oxidation sites excluding steroid dienone is 4. The Morgan fingerprint density at radius 3 is 2.85 bits per heavy atom. The van der Waals surface area contributed by atoms with Crippen LogP contribution in [0.25, 0.3) is 5.57 Å². The molecule has 33 heavy (non-hydrogen) atoms. The van der Waals surface area contributed by atoms with E-state index < -0.39 is 0 Å². The van der Waals surface area contributed by atoms with Gasteiger partial charge in [0.2, 0.25) is 0 Å². The molecule has 0 N–H and O–H groups in total. The molecular weight excluding hydrogens is 435 g/mol. The highest BCUT2D eigenvalue weighted by Crippen LogP contribution is 2.29. The molecule has 0 atom stereocenters. The topological polar surface area (TPSA) is 42.4 Å². The Morgan fingerprint density at radius 2 is 2.12 bits per heavy atom. The number of aromatic nitrogens is 1. The maximum Gasteiger partial charge on any atom is 0.174 e. The number of aryl methyl sites for hydroxylation is 3. The van der Waals surface area contributed by atoms with Gasteiger partial charge in [-0.05, 0) is 80.5 Å². The van der Waals surface area contributed by atoms with Gasteiger partial charge in [0, 0.05) is 37.8 Å². The van der Waals surface area contributed by atoms with Crippen molar-refractivity contribution in [2.24, 2.45) is 0 Å². The number of ether oxygens (including phenoxy) is 1. The fourth-order valence-corrected chi connectivity index (χ4v) is 5.01. The minimum Gasteiger partial charge on any atom is -0.385 e. The number of methoxy groups -OCH3 is 1.